The van der Waals surface area contributed by atoms with Crippen molar-refractivity contribution in [1.82, 2.24) is 24.5 Å². The van der Waals surface area contributed by atoms with Crippen LogP contribution in [0.15, 0.2) is 6.20 Å². The summed E-state index contributed by atoms with van der Waals surface area (Å²) in [5.74, 6) is 0.542. The third-order valence-corrected chi connectivity index (χ3v) is 6.93. The average molecular weight is 390 g/mol. The molecular weight excluding hydrogens is 354 g/mol. The summed E-state index contributed by atoms with van der Waals surface area (Å²) in [6, 6.07) is 0.631. The monoisotopic (exact) mass is 389 g/mol. The van der Waals surface area contributed by atoms with Crippen LogP contribution in [-0.2, 0) is 23.1 Å². The van der Waals surface area contributed by atoms with Crippen molar-refractivity contribution < 1.29 is 9.53 Å². The lowest BCUT2D eigenvalue weighted by molar-refractivity contribution is -0.142. The summed E-state index contributed by atoms with van der Waals surface area (Å²) in [6.07, 6.45) is 6.62. The summed E-state index contributed by atoms with van der Waals surface area (Å²) in [6.45, 7) is 10.4. The minimum absolute atomic E-state index is 0.183. The Kier molecular flexibility index (Phi) is 6.33. The maximum absolute atomic E-state index is 12.9. The van der Waals surface area contributed by atoms with E-state index in [2.05, 4.69) is 21.8 Å². The lowest BCUT2D eigenvalue weighted by atomic mass is 9.92. The van der Waals surface area contributed by atoms with Gasteiger partial charge in [0, 0.05) is 50.5 Å². The van der Waals surface area contributed by atoms with Crippen LogP contribution in [-0.4, -0.2) is 88.9 Å². The molecular formula is C21H35N5O2. The minimum atomic E-state index is 0.183. The molecule has 7 heteroatoms. The Bertz CT molecular complexity index is 662. The molecule has 3 fully saturated rings. The summed E-state index contributed by atoms with van der Waals surface area (Å²) >= 11 is 0. The van der Waals surface area contributed by atoms with Gasteiger partial charge in [-0.2, -0.15) is 5.10 Å². The molecule has 0 radical (unpaired) electrons. The van der Waals surface area contributed by atoms with Gasteiger partial charge in [-0.15, -0.1) is 0 Å². The summed E-state index contributed by atoms with van der Waals surface area (Å²) in [7, 11) is 2.01. The van der Waals surface area contributed by atoms with E-state index in [0.717, 1.165) is 58.7 Å². The van der Waals surface area contributed by atoms with Crippen molar-refractivity contribution in [3.63, 3.8) is 0 Å². The van der Waals surface area contributed by atoms with Gasteiger partial charge < -0.3 is 9.64 Å². The van der Waals surface area contributed by atoms with E-state index in [0.29, 0.717) is 25.2 Å². The Morgan fingerprint density at radius 3 is 2.57 bits per heavy atom. The molecule has 28 heavy (non-hydrogen) atoms. The molecule has 0 aliphatic carbocycles. The SMILES string of the molecule is Cc1c(CN2CCC(N3CCC[C@H](C(=O)N4CCOCC4)C3)CC2)cnn1C. The molecule has 0 unspecified atom stereocenters. The van der Waals surface area contributed by atoms with Gasteiger partial charge in [-0.25, -0.2) is 0 Å². The van der Waals surface area contributed by atoms with E-state index in [-0.39, 0.29) is 5.92 Å². The second kappa shape index (κ2) is 8.93. The fourth-order valence-corrected chi connectivity index (χ4v) is 4.96. The largest absolute Gasteiger partial charge is 0.378 e. The Morgan fingerprint density at radius 2 is 1.89 bits per heavy atom. The summed E-state index contributed by atoms with van der Waals surface area (Å²) < 4.78 is 7.36. The van der Waals surface area contributed by atoms with Crippen LogP contribution < -0.4 is 0 Å². The van der Waals surface area contributed by atoms with Crippen LogP contribution in [0, 0.1) is 12.8 Å². The maximum Gasteiger partial charge on any atom is 0.227 e. The Hall–Kier alpha value is -1.44. The van der Waals surface area contributed by atoms with Gasteiger partial charge in [0.25, 0.3) is 0 Å². The molecule has 0 saturated carbocycles. The molecule has 4 heterocycles. The van der Waals surface area contributed by atoms with Crippen LogP contribution >= 0.6 is 0 Å². The number of aromatic nitrogens is 2. The summed E-state index contributed by atoms with van der Waals surface area (Å²) in [5, 5.41) is 4.37. The van der Waals surface area contributed by atoms with Crippen molar-refractivity contribution in [2.45, 2.75) is 45.2 Å². The second-order valence-corrected chi connectivity index (χ2v) is 8.66. The van der Waals surface area contributed by atoms with Gasteiger partial charge in [-0.3, -0.25) is 19.3 Å². The molecule has 1 aromatic rings. The first-order valence-electron chi connectivity index (χ1n) is 10.9. The average Bonchev–Trinajstić information content (AvgIpc) is 3.06. The summed E-state index contributed by atoms with van der Waals surface area (Å²) in [4.78, 5) is 20.1. The highest BCUT2D eigenvalue weighted by atomic mass is 16.5. The topological polar surface area (TPSA) is 53.8 Å². The second-order valence-electron chi connectivity index (χ2n) is 8.66. The fraction of sp³-hybridized carbons (Fsp3) is 0.810. The zero-order valence-corrected chi connectivity index (χ0v) is 17.5. The molecule has 0 N–H and O–H groups in total. The molecule has 1 atom stereocenters. The molecule has 156 valence electrons. The van der Waals surface area contributed by atoms with Gasteiger partial charge in [0.05, 0.1) is 25.3 Å². The van der Waals surface area contributed by atoms with Crippen molar-refractivity contribution in [2.75, 3.05) is 52.5 Å². The first kappa shape index (κ1) is 19.9. The fourth-order valence-electron chi connectivity index (χ4n) is 4.96. The van der Waals surface area contributed by atoms with E-state index in [1.165, 1.54) is 24.1 Å². The van der Waals surface area contributed by atoms with Crippen LogP contribution in [0.1, 0.15) is 36.9 Å². The van der Waals surface area contributed by atoms with E-state index >= 15 is 0 Å². The molecule has 3 aliphatic rings. The van der Waals surface area contributed by atoms with Crippen molar-refractivity contribution in [3.8, 4) is 0 Å². The number of hydrogen-bond acceptors (Lipinski definition) is 5. The number of morpholine rings is 1. The van der Waals surface area contributed by atoms with E-state index in [1.807, 2.05) is 22.8 Å². The van der Waals surface area contributed by atoms with Crippen molar-refractivity contribution in [1.29, 1.82) is 0 Å². The predicted molar refractivity (Wildman–Crippen MR) is 108 cm³/mol. The standard InChI is InChI=1S/C21H35N5O2/c1-17-19(14-22-23(17)2)15-24-8-5-20(6-9-24)26-7-3-4-18(16-26)21(27)25-10-12-28-13-11-25/h14,18,20H,3-13,15-16H2,1-2H3/t18-/m0/s1. The molecule has 4 rings (SSSR count). The van der Waals surface area contributed by atoms with E-state index in [4.69, 9.17) is 4.74 Å². The van der Waals surface area contributed by atoms with E-state index in [9.17, 15) is 4.79 Å². The van der Waals surface area contributed by atoms with Gasteiger partial charge >= 0.3 is 0 Å². The normalized spacial score (nSPS) is 25.9. The predicted octanol–water partition coefficient (Wildman–Crippen LogP) is 1.26. The maximum atomic E-state index is 12.9. The van der Waals surface area contributed by atoms with Crippen molar-refractivity contribution in [2.24, 2.45) is 13.0 Å². The third-order valence-electron chi connectivity index (χ3n) is 6.93. The number of carbonyl (C=O) groups is 1. The van der Waals surface area contributed by atoms with Gasteiger partial charge in [0.2, 0.25) is 5.91 Å². The van der Waals surface area contributed by atoms with Crippen LogP contribution in [0.5, 0.6) is 0 Å². The molecule has 0 bridgehead atoms. The Balaban J connectivity index is 1.27. The van der Waals surface area contributed by atoms with Crippen LogP contribution in [0.25, 0.3) is 0 Å². The quantitative estimate of drug-likeness (QED) is 0.776. The van der Waals surface area contributed by atoms with Crippen molar-refractivity contribution >= 4 is 5.91 Å². The highest BCUT2D eigenvalue weighted by molar-refractivity contribution is 5.79. The Labute approximate surface area is 168 Å². The Morgan fingerprint density at radius 1 is 1.14 bits per heavy atom. The van der Waals surface area contributed by atoms with Crippen LogP contribution in [0.2, 0.25) is 0 Å². The first-order chi connectivity index (χ1) is 13.6. The lowest BCUT2D eigenvalue weighted by Gasteiger charge is -2.43. The molecule has 0 aromatic carbocycles. The van der Waals surface area contributed by atoms with Crippen molar-refractivity contribution in [3.05, 3.63) is 17.5 Å². The zero-order valence-electron chi connectivity index (χ0n) is 17.5. The van der Waals surface area contributed by atoms with Gasteiger partial charge in [0.15, 0.2) is 0 Å². The molecule has 7 nitrogen and oxygen atoms in total. The van der Waals surface area contributed by atoms with E-state index in [1.54, 1.807) is 0 Å². The summed E-state index contributed by atoms with van der Waals surface area (Å²) in [5.41, 5.74) is 2.61. The first-order valence-corrected chi connectivity index (χ1v) is 10.9. The molecule has 1 amide bonds. The van der Waals surface area contributed by atoms with Gasteiger partial charge in [0.1, 0.15) is 0 Å². The molecule has 3 saturated heterocycles. The number of nitrogens with zero attached hydrogens (tertiary/aromatic N) is 5. The number of hydrogen-bond donors (Lipinski definition) is 0. The van der Waals surface area contributed by atoms with Crippen LogP contribution in [0.3, 0.4) is 0 Å². The molecule has 3 aliphatic heterocycles. The molecule has 1 aromatic heterocycles. The number of likely N-dealkylation sites (tertiary alicyclic amines) is 2. The number of rotatable bonds is 4. The third kappa shape index (κ3) is 4.42. The lowest BCUT2D eigenvalue weighted by Crippen LogP contribution is -2.52. The minimum Gasteiger partial charge on any atom is -0.378 e. The number of piperidine rings is 2. The number of carbonyl (C=O) groups excluding carboxylic acids is 1. The number of amides is 1. The van der Waals surface area contributed by atoms with Crippen LogP contribution in [0.4, 0.5) is 0 Å². The van der Waals surface area contributed by atoms with Gasteiger partial charge in [-0.1, -0.05) is 0 Å². The smallest absolute Gasteiger partial charge is 0.227 e. The van der Waals surface area contributed by atoms with E-state index < -0.39 is 0 Å². The highest BCUT2D eigenvalue weighted by Gasteiger charge is 2.34. The van der Waals surface area contributed by atoms with Gasteiger partial charge in [-0.05, 0) is 52.2 Å². The molecule has 0 spiro atoms. The zero-order chi connectivity index (χ0) is 19.5. The highest BCUT2D eigenvalue weighted by Crippen LogP contribution is 2.26. The number of ether oxygens (including phenoxy) is 1. The number of aryl methyl sites for hydroxylation is 1.